The van der Waals surface area contributed by atoms with Crippen molar-refractivity contribution < 1.29 is 27.8 Å². The number of ether oxygens (including phenoxy) is 1. The number of cyclic esters (lactones) is 1. The van der Waals surface area contributed by atoms with Crippen LogP contribution in [0.3, 0.4) is 0 Å². The molecule has 0 bridgehead atoms. The Morgan fingerprint density at radius 3 is 2.21 bits per heavy atom. The number of pyridine rings is 1. The number of halogens is 3. The van der Waals surface area contributed by atoms with Gasteiger partial charge in [0, 0.05) is 17.5 Å². The highest BCUT2D eigenvalue weighted by atomic mass is 19.1. The van der Waals surface area contributed by atoms with Gasteiger partial charge in [-0.3, -0.25) is 9.78 Å². The van der Waals surface area contributed by atoms with Crippen LogP contribution in [-0.2, 0) is 9.53 Å². The zero-order valence-corrected chi connectivity index (χ0v) is 18.8. The number of aliphatic hydroxyl groups is 1. The van der Waals surface area contributed by atoms with Gasteiger partial charge >= 0.3 is 5.97 Å². The fraction of sp³-hybridized carbons (Fsp3) is 0.259. The first-order valence-corrected chi connectivity index (χ1v) is 11.0. The van der Waals surface area contributed by atoms with E-state index in [0.29, 0.717) is 33.6 Å². The van der Waals surface area contributed by atoms with E-state index in [1.807, 2.05) is 13.8 Å². The van der Waals surface area contributed by atoms with E-state index in [4.69, 9.17) is 9.72 Å². The smallest absolute Gasteiger partial charge is 0.309 e. The Morgan fingerprint density at radius 2 is 1.65 bits per heavy atom. The van der Waals surface area contributed by atoms with Crippen LogP contribution in [0.2, 0.25) is 0 Å². The second-order valence-corrected chi connectivity index (χ2v) is 8.62. The molecule has 0 saturated carbocycles. The van der Waals surface area contributed by atoms with Gasteiger partial charge in [0.15, 0.2) is 6.10 Å². The maximum absolute atomic E-state index is 15.3. The van der Waals surface area contributed by atoms with Gasteiger partial charge in [-0.2, -0.15) is 0 Å². The SMILES string of the molecule is CC(C)c1nc(-c2ccc(F)cc2)cc(-c2ccc(F)cc2)c1/C=C(\F)C1CC(O)CC(=O)O1. The molecule has 0 amide bonds. The molecule has 2 atom stereocenters. The lowest BCUT2D eigenvalue weighted by molar-refractivity contribution is -0.158. The molecular formula is C27H24F3NO3. The first kappa shape index (κ1) is 23.7. The molecular weight excluding hydrogens is 443 g/mol. The Morgan fingerprint density at radius 1 is 1.06 bits per heavy atom. The summed E-state index contributed by atoms with van der Waals surface area (Å²) in [5.74, 6) is -2.30. The molecule has 2 aromatic carbocycles. The lowest BCUT2D eigenvalue weighted by Gasteiger charge is -2.25. The number of benzene rings is 2. The van der Waals surface area contributed by atoms with Crippen molar-refractivity contribution in [1.29, 1.82) is 0 Å². The molecule has 4 rings (SSSR count). The minimum Gasteiger partial charge on any atom is -0.455 e. The second kappa shape index (κ2) is 9.81. The Bertz CT molecular complexity index is 1220. The zero-order chi connectivity index (χ0) is 24.4. The predicted molar refractivity (Wildman–Crippen MR) is 123 cm³/mol. The van der Waals surface area contributed by atoms with E-state index in [1.54, 1.807) is 30.3 Å². The maximum Gasteiger partial charge on any atom is 0.309 e. The van der Waals surface area contributed by atoms with Crippen molar-refractivity contribution in [1.82, 2.24) is 4.98 Å². The summed E-state index contributed by atoms with van der Waals surface area (Å²) in [5, 5.41) is 9.88. The van der Waals surface area contributed by atoms with Crippen LogP contribution in [0.4, 0.5) is 13.2 Å². The molecule has 2 heterocycles. The Hall–Kier alpha value is -3.45. The number of esters is 1. The fourth-order valence-electron chi connectivity index (χ4n) is 3.98. The number of aromatic nitrogens is 1. The summed E-state index contributed by atoms with van der Waals surface area (Å²) >= 11 is 0. The molecule has 1 N–H and O–H groups in total. The average molecular weight is 467 g/mol. The molecule has 2 unspecified atom stereocenters. The van der Waals surface area contributed by atoms with E-state index < -0.39 is 29.8 Å². The third-order valence-electron chi connectivity index (χ3n) is 5.68. The summed E-state index contributed by atoms with van der Waals surface area (Å²) < 4.78 is 47.5. The summed E-state index contributed by atoms with van der Waals surface area (Å²) in [5.41, 5.74) is 3.48. The molecule has 34 heavy (non-hydrogen) atoms. The number of carbonyl (C=O) groups is 1. The zero-order valence-electron chi connectivity index (χ0n) is 18.8. The Balaban J connectivity index is 1.90. The van der Waals surface area contributed by atoms with E-state index >= 15 is 4.39 Å². The van der Waals surface area contributed by atoms with Gasteiger partial charge in [-0.25, -0.2) is 13.2 Å². The van der Waals surface area contributed by atoms with Crippen molar-refractivity contribution in [3.8, 4) is 22.4 Å². The largest absolute Gasteiger partial charge is 0.455 e. The first-order valence-electron chi connectivity index (χ1n) is 11.0. The highest BCUT2D eigenvalue weighted by Crippen LogP contribution is 2.36. The molecule has 0 radical (unpaired) electrons. The average Bonchev–Trinajstić information content (AvgIpc) is 2.79. The Kier molecular flexibility index (Phi) is 6.84. The molecule has 0 spiro atoms. The summed E-state index contributed by atoms with van der Waals surface area (Å²) in [6.45, 7) is 3.82. The molecule has 4 nitrogen and oxygen atoms in total. The standard InChI is InChI=1S/C27H24F3NO3/c1-15(2)27-22(13-23(30)25-11-20(32)12-26(33)34-25)21(16-3-7-18(28)8-4-16)14-24(31-27)17-5-9-19(29)10-6-17/h3-10,13-15,20,25,32H,11-12H2,1-2H3/b23-13-. The summed E-state index contributed by atoms with van der Waals surface area (Å²) in [4.78, 5) is 16.5. The molecule has 1 saturated heterocycles. The van der Waals surface area contributed by atoms with E-state index in [9.17, 15) is 18.7 Å². The van der Waals surface area contributed by atoms with Gasteiger partial charge in [0.25, 0.3) is 0 Å². The summed E-state index contributed by atoms with van der Waals surface area (Å²) in [7, 11) is 0. The summed E-state index contributed by atoms with van der Waals surface area (Å²) in [6.07, 6.45) is -1.13. The van der Waals surface area contributed by atoms with Crippen LogP contribution >= 0.6 is 0 Å². The van der Waals surface area contributed by atoms with Crippen molar-refractivity contribution in [3.63, 3.8) is 0 Å². The van der Waals surface area contributed by atoms with Crippen molar-refractivity contribution in [3.05, 3.63) is 83.3 Å². The van der Waals surface area contributed by atoms with Crippen LogP contribution < -0.4 is 0 Å². The van der Waals surface area contributed by atoms with Crippen molar-refractivity contribution in [2.45, 2.75) is 44.8 Å². The molecule has 3 aromatic rings. The molecule has 176 valence electrons. The van der Waals surface area contributed by atoms with E-state index in [2.05, 4.69) is 0 Å². The lowest BCUT2D eigenvalue weighted by Crippen LogP contribution is -2.32. The molecule has 1 aromatic heterocycles. The van der Waals surface area contributed by atoms with Crippen LogP contribution in [-0.4, -0.2) is 28.3 Å². The van der Waals surface area contributed by atoms with Gasteiger partial charge in [0.2, 0.25) is 0 Å². The number of nitrogens with zero attached hydrogens (tertiary/aromatic N) is 1. The quantitative estimate of drug-likeness (QED) is 0.455. The molecule has 7 heteroatoms. The van der Waals surface area contributed by atoms with Crippen LogP contribution in [0.5, 0.6) is 0 Å². The lowest BCUT2D eigenvalue weighted by atomic mass is 9.91. The highest BCUT2D eigenvalue weighted by molar-refractivity contribution is 5.81. The van der Waals surface area contributed by atoms with Gasteiger partial charge in [-0.05, 0) is 65.6 Å². The van der Waals surface area contributed by atoms with Crippen LogP contribution in [0.25, 0.3) is 28.5 Å². The number of carbonyl (C=O) groups excluding carboxylic acids is 1. The fourth-order valence-corrected chi connectivity index (χ4v) is 3.98. The van der Waals surface area contributed by atoms with Crippen molar-refractivity contribution in [2.24, 2.45) is 0 Å². The number of hydrogen-bond donors (Lipinski definition) is 1. The minimum absolute atomic E-state index is 0.0436. The Labute approximate surface area is 195 Å². The maximum atomic E-state index is 15.3. The van der Waals surface area contributed by atoms with E-state index in [-0.39, 0.29) is 24.6 Å². The van der Waals surface area contributed by atoms with E-state index in [0.717, 1.165) is 0 Å². The van der Waals surface area contributed by atoms with Gasteiger partial charge in [0.05, 0.1) is 23.9 Å². The van der Waals surface area contributed by atoms with Crippen molar-refractivity contribution in [2.75, 3.05) is 0 Å². The third kappa shape index (κ3) is 5.20. The van der Waals surface area contributed by atoms with Gasteiger partial charge in [-0.15, -0.1) is 0 Å². The molecule has 0 aliphatic carbocycles. The van der Waals surface area contributed by atoms with E-state index in [1.165, 1.54) is 30.3 Å². The first-order chi connectivity index (χ1) is 16.2. The normalized spacial score (nSPS) is 18.8. The number of hydrogen-bond acceptors (Lipinski definition) is 4. The number of aliphatic hydroxyl groups excluding tert-OH is 1. The topological polar surface area (TPSA) is 59.4 Å². The number of rotatable bonds is 5. The van der Waals surface area contributed by atoms with Crippen LogP contribution in [0.15, 0.2) is 60.4 Å². The van der Waals surface area contributed by atoms with Crippen LogP contribution in [0, 0.1) is 11.6 Å². The molecule has 1 fully saturated rings. The monoisotopic (exact) mass is 467 g/mol. The van der Waals surface area contributed by atoms with Crippen molar-refractivity contribution >= 4 is 12.0 Å². The second-order valence-electron chi connectivity index (χ2n) is 8.62. The summed E-state index contributed by atoms with van der Waals surface area (Å²) in [6, 6.07) is 13.4. The van der Waals surface area contributed by atoms with Gasteiger partial charge in [0.1, 0.15) is 17.5 Å². The van der Waals surface area contributed by atoms with Gasteiger partial charge < -0.3 is 9.84 Å². The molecule has 1 aliphatic heterocycles. The third-order valence-corrected chi connectivity index (χ3v) is 5.68. The highest BCUT2D eigenvalue weighted by Gasteiger charge is 2.31. The van der Waals surface area contributed by atoms with Crippen LogP contribution in [0.1, 0.15) is 43.9 Å². The molecule has 1 aliphatic rings. The van der Waals surface area contributed by atoms with Gasteiger partial charge in [-0.1, -0.05) is 26.0 Å². The minimum atomic E-state index is -1.20. The predicted octanol–water partition coefficient (Wildman–Crippen LogP) is 6.19.